The highest BCUT2D eigenvalue weighted by atomic mass is 19.1. The van der Waals surface area contributed by atoms with E-state index < -0.39 is 0 Å². The standard InChI is InChI=1S/C22H25FN4O2/c1-15(2)22(29)24-13-5-8-20-26-18-6-3-4-7-19(18)27(20)14-21(28)25-17-11-9-16(23)10-12-17/h3-4,6-7,9-12,15H,5,8,13-14H2,1-2H3,(H,24,29)(H,25,28). The monoisotopic (exact) mass is 396 g/mol. The van der Waals surface area contributed by atoms with Gasteiger partial charge in [0.1, 0.15) is 18.2 Å². The van der Waals surface area contributed by atoms with Gasteiger partial charge in [-0.25, -0.2) is 9.37 Å². The first-order chi connectivity index (χ1) is 13.9. The van der Waals surface area contributed by atoms with Crippen molar-refractivity contribution in [1.82, 2.24) is 14.9 Å². The van der Waals surface area contributed by atoms with Crippen LogP contribution in [0.2, 0.25) is 0 Å². The molecule has 2 amide bonds. The average Bonchev–Trinajstić information content (AvgIpc) is 3.04. The van der Waals surface area contributed by atoms with Crippen molar-refractivity contribution in [3.05, 3.63) is 60.2 Å². The predicted molar refractivity (Wildman–Crippen MR) is 111 cm³/mol. The maximum atomic E-state index is 13.0. The summed E-state index contributed by atoms with van der Waals surface area (Å²) >= 11 is 0. The van der Waals surface area contributed by atoms with Crippen molar-refractivity contribution in [2.45, 2.75) is 33.2 Å². The zero-order valence-electron chi connectivity index (χ0n) is 16.6. The van der Waals surface area contributed by atoms with Crippen molar-refractivity contribution in [3.63, 3.8) is 0 Å². The Morgan fingerprint density at radius 3 is 2.55 bits per heavy atom. The molecule has 3 aromatic rings. The Hall–Kier alpha value is -3.22. The molecular weight excluding hydrogens is 371 g/mol. The highest BCUT2D eigenvalue weighted by molar-refractivity contribution is 5.91. The van der Waals surface area contributed by atoms with Crippen LogP contribution in [0.3, 0.4) is 0 Å². The molecule has 0 fully saturated rings. The van der Waals surface area contributed by atoms with Gasteiger partial charge in [0.2, 0.25) is 11.8 Å². The molecule has 0 saturated carbocycles. The summed E-state index contributed by atoms with van der Waals surface area (Å²) in [6.07, 6.45) is 1.36. The lowest BCUT2D eigenvalue weighted by molar-refractivity contribution is -0.124. The molecule has 7 heteroatoms. The number of aryl methyl sites for hydroxylation is 1. The third-order valence-corrected chi connectivity index (χ3v) is 4.56. The quantitative estimate of drug-likeness (QED) is 0.572. The van der Waals surface area contributed by atoms with Crippen molar-refractivity contribution in [1.29, 1.82) is 0 Å². The van der Waals surface area contributed by atoms with Gasteiger partial charge < -0.3 is 15.2 Å². The number of nitrogens with zero attached hydrogens (tertiary/aromatic N) is 2. The first kappa shape index (κ1) is 20.5. The van der Waals surface area contributed by atoms with Crippen molar-refractivity contribution in [3.8, 4) is 0 Å². The second-order valence-corrected chi connectivity index (χ2v) is 7.21. The van der Waals surface area contributed by atoms with Gasteiger partial charge >= 0.3 is 0 Å². The Kier molecular flexibility index (Phi) is 6.59. The number of hydrogen-bond donors (Lipinski definition) is 2. The van der Waals surface area contributed by atoms with Crippen molar-refractivity contribution in [2.24, 2.45) is 5.92 Å². The summed E-state index contributed by atoms with van der Waals surface area (Å²) in [5.74, 6) is 0.204. The number of benzene rings is 2. The van der Waals surface area contributed by atoms with Crippen LogP contribution >= 0.6 is 0 Å². The summed E-state index contributed by atoms with van der Waals surface area (Å²) in [6.45, 7) is 4.37. The number of halogens is 1. The molecule has 0 aliphatic rings. The minimum Gasteiger partial charge on any atom is -0.356 e. The summed E-state index contributed by atoms with van der Waals surface area (Å²) < 4.78 is 14.9. The fourth-order valence-electron chi connectivity index (χ4n) is 3.03. The van der Waals surface area contributed by atoms with E-state index in [9.17, 15) is 14.0 Å². The summed E-state index contributed by atoms with van der Waals surface area (Å²) in [6, 6.07) is 13.3. The first-order valence-electron chi connectivity index (χ1n) is 9.71. The van der Waals surface area contributed by atoms with Gasteiger partial charge in [-0.3, -0.25) is 9.59 Å². The van der Waals surface area contributed by atoms with Crippen LogP contribution < -0.4 is 10.6 Å². The van der Waals surface area contributed by atoms with E-state index in [1.54, 1.807) is 0 Å². The SMILES string of the molecule is CC(C)C(=O)NCCCc1nc2ccccc2n1CC(=O)Nc1ccc(F)cc1. The molecule has 1 heterocycles. The maximum Gasteiger partial charge on any atom is 0.244 e. The molecule has 0 unspecified atom stereocenters. The predicted octanol–water partition coefficient (Wildman–Crippen LogP) is 3.52. The van der Waals surface area contributed by atoms with Gasteiger partial charge in [0.15, 0.2) is 0 Å². The summed E-state index contributed by atoms with van der Waals surface area (Å²) in [5, 5.41) is 5.68. The zero-order valence-corrected chi connectivity index (χ0v) is 16.6. The lowest BCUT2D eigenvalue weighted by Crippen LogP contribution is -2.29. The van der Waals surface area contributed by atoms with E-state index in [2.05, 4.69) is 15.6 Å². The molecule has 152 valence electrons. The van der Waals surface area contributed by atoms with E-state index in [4.69, 9.17) is 0 Å². The van der Waals surface area contributed by atoms with Crippen LogP contribution in [-0.4, -0.2) is 27.9 Å². The van der Waals surface area contributed by atoms with E-state index in [0.717, 1.165) is 23.3 Å². The molecule has 0 saturated heterocycles. The van der Waals surface area contributed by atoms with Crippen LogP contribution in [0.5, 0.6) is 0 Å². The molecule has 0 aliphatic carbocycles. The molecule has 0 aliphatic heterocycles. The molecule has 0 bridgehead atoms. The van der Waals surface area contributed by atoms with Crippen LogP contribution in [0.1, 0.15) is 26.1 Å². The molecular formula is C22H25FN4O2. The van der Waals surface area contributed by atoms with E-state index in [0.29, 0.717) is 18.7 Å². The number of para-hydroxylation sites is 2. The molecule has 1 aromatic heterocycles. The van der Waals surface area contributed by atoms with Gasteiger partial charge in [-0.2, -0.15) is 0 Å². The number of anilines is 1. The van der Waals surface area contributed by atoms with Gasteiger partial charge in [-0.05, 0) is 42.8 Å². The third kappa shape index (κ3) is 5.40. The Bertz CT molecular complexity index is 996. The number of aromatic nitrogens is 2. The smallest absolute Gasteiger partial charge is 0.244 e. The Morgan fingerprint density at radius 2 is 1.83 bits per heavy atom. The number of nitrogens with one attached hydrogen (secondary N) is 2. The van der Waals surface area contributed by atoms with Gasteiger partial charge in [0, 0.05) is 24.6 Å². The molecule has 0 radical (unpaired) electrons. The topological polar surface area (TPSA) is 76.0 Å². The molecule has 3 rings (SSSR count). The largest absolute Gasteiger partial charge is 0.356 e. The molecule has 6 nitrogen and oxygen atoms in total. The second kappa shape index (κ2) is 9.32. The fraction of sp³-hybridized carbons (Fsp3) is 0.318. The number of fused-ring (bicyclic) bond motifs is 1. The van der Waals surface area contributed by atoms with E-state index in [1.807, 2.05) is 42.7 Å². The fourth-order valence-corrected chi connectivity index (χ4v) is 3.03. The number of amides is 2. The van der Waals surface area contributed by atoms with Gasteiger partial charge in [0.25, 0.3) is 0 Å². The second-order valence-electron chi connectivity index (χ2n) is 7.21. The lowest BCUT2D eigenvalue weighted by Gasteiger charge is -2.11. The summed E-state index contributed by atoms with van der Waals surface area (Å²) in [7, 11) is 0. The third-order valence-electron chi connectivity index (χ3n) is 4.56. The molecule has 2 N–H and O–H groups in total. The Morgan fingerprint density at radius 1 is 1.10 bits per heavy atom. The molecule has 29 heavy (non-hydrogen) atoms. The number of imidazole rings is 1. The van der Waals surface area contributed by atoms with Gasteiger partial charge in [0.05, 0.1) is 11.0 Å². The number of rotatable bonds is 8. The van der Waals surface area contributed by atoms with Crippen molar-refractivity contribution < 1.29 is 14.0 Å². The van der Waals surface area contributed by atoms with E-state index in [-0.39, 0.29) is 30.1 Å². The van der Waals surface area contributed by atoms with Gasteiger partial charge in [-0.1, -0.05) is 26.0 Å². The Labute approximate surface area is 169 Å². The lowest BCUT2D eigenvalue weighted by atomic mass is 10.2. The van der Waals surface area contributed by atoms with Crippen LogP contribution in [0.4, 0.5) is 10.1 Å². The Balaban J connectivity index is 1.70. The maximum absolute atomic E-state index is 13.0. The highest BCUT2D eigenvalue weighted by Crippen LogP contribution is 2.18. The summed E-state index contributed by atoms with van der Waals surface area (Å²) in [5.41, 5.74) is 2.24. The van der Waals surface area contributed by atoms with Crippen LogP contribution in [0.25, 0.3) is 11.0 Å². The van der Waals surface area contributed by atoms with E-state index in [1.165, 1.54) is 24.3 Å². The van der Waals surface area contributed by atoms with E-state index >= 15 is 0 Å². The van der Waals surface area contributed by atoms with Crippen LogP contribution in [0, 0.1) is 11.7 Å². The zero-order chi connectivity index (χ0) is 20.8. The number of hydrogen-bond acceptors (Lipinski definition) is 3. The summed E-state index contributed by atoms with van der Waals surface area (Å²) in [4.78, 5) is 28.9. The minimum absolute atomic E-state index is 0.0252. The van der Waals surface area contributed by atoms with Crippen molar-refractivity contribution in [2.75, 3.05) is 11.9 Å². The van der Waals surface area contributed by atoms with Crippen molar-refractivity contribution >= 4 is 28.5 Å². The molecule has 0 atom stereocenters. The molecule has 0 spiro atoms. The molecule has 2 aromatic carbocycles. The van der Waals surface area contributed by atoms with Gasteiger partial charge in [-0.15, -0.1) is 0 Å². The normalized spacial score (nSPS) is 11.0. The average molecular weight is 396 g/mol. The number of carbonyl (C=O) groups is 2. The highest BCUT2D eigenvalue weighted by Gasteiger charge is 2.14. The van der Waals surface area contributed by atoms with Crippen LogP contribution in [0.15, 0.2) is 48.5 Å². The minimum atomic E-state index is -0.351. The first-order valence-corrected chi connectivity index (χ1v) is 9.71. The number of carbonyl (C=O) groups excluding carboxylic acids is 2. The van der Waals surface area contributed by atoms with Crippen LogP contribution in [-0.2, 0) is 22.6 Å².